The van der Waals surface area contributed by atoms with Crippen LogP contribution in [0.25, 0.3) is 0 Å². The number of ether oxygens (including phenoxy) is 2. The number of furan rings is 1. The van der Waals surface area contributed by atoms with Crippen LogP contribution in [0.1, 0.15) is 34.5 Å². The first-order valence-corrected chi connectivity index (χ1v) is 12.2. The largest absolute Gasteiger partial charge is 0.489 e. The highest BCUT2D eigenvalue weighted by Gasteiger charge is 2.19. The average molecular weight is 471 g/mol. The van der Waals surface area contributed by atoms with Gasteiger partial charge in [0.05, 0.1) is 29.5 Å². The summed E-state index contributed by atoms with van der Waals surface area (Å²) in [6.07, 6.45) is 3.52. The van der Waals surface area contributed by atoms with Gasteiger partial charge in [-0.1, -0.05) is 6.07 Å². The molecule has 0 saturated carbocycles. The van der Waals surface area contributed by atoms with E-state index >= 15 is 0 Å². The van der Waals surface area contributed by atoms with Gasteiger partial charge in [-0.2, -0.15) is 0 Å². The van der Waals surface area contributed by atoms with Crippen LogP contribution in [-0.4, -0.2) is 33.6 Å². The minimum Gasteiger partial charge on any atom is -0.489 e. The van der Waals surface area contributed by atoms with Crippen molar-refractivity contribution < 1.29 is 27.1 Å². The molecule has 9 heteroatoms. The molecule has 1 saturated heterocycles. The summed E-state index contributed by atoms with van der Waals surface area (Å²) in [5, 5.41) is 2.85. The number of hydrogen-bond acceptors (Lipinski definition) is 6. The molecule has 8 nitrogen and oxygen atoms in total. The third-order valence-corrected chi connectivity index (χ3v) is 6.69. The molecule has 0 bridgehead atoms. The highest BCUT2D eigenvalue weighted by atomic mass is 32.2. The predicted octanol–water partition coefficient (Wildman–Crippen LogP) is 3.88. The molecule has 1 fully saturated rings. The lowest BCUT2D eigenvalue weighted by atomic mass is 10.1. The van der Waals surface area contributed by atoms with Crippen LogP contribution in [0.2, 0.25) is 0 Å². The summed E-state index contributed by atoms with van der Waals surface area (Å²) < 4.78 is 44.1. The molecule has 2 N–H and O–H groups in total. The molecule has 1 aromatic heterocycles. The topological polar surface area (TPSA) is 107 Å². The fourth-order valence-corrected chi connectivity index (χ4v) is 4.45. The number of nitrogens with one attached hydrogen (secondary N) is 2. The fraction of sp³-hybridized carbons (Fsp3) is 0.292. The van der Waals surface area contributed by atoms with Crippen molar-refractivity contribution in [2.45, 2.75) is 37.3 Å². The van der Waals surface area contributed by atoms with Crippen LogP contribution < -0.4 is 14.8 Å². The van der Waals surface area contributed by atoms with Gasteiger partial charge in [-0.15, -0.1) is 0 Å². The Hall–Kier alpha value is -3.14. The lowest BCUT2D eigenvalue weighted by Gasteiger charge is -2.16. The maximum Gasteiger partial charge on any atom is 0.255 e. The summed E-state index contributed by atoms with van der Waals surface area (Å²) in [4.78, 5) is 12.8. The number of sulfonamides is 1. The zero-order valence-corrected chi connectivity index (χ0v) is 19.1. The predicted molar refractivity (Wildman–Crippen MR) is 123 cm³/mol. The number of benzene rings is 2. The summed E-state index contributed by atoms with van der Waals surface area (Å²) in [5.41, 5.74) is 1.87. The van der Waals surface area contributed by atoms with Gasteiger partial charge in [0.25, 0.3) is 5.91 Å². The van der Waals surface area contributed by atoms with E-state index in [1.807, 2.05) is 19.1 Å². The Kier molecular flexibility index (Phi) is 7.12. The van der Waals surface area contributed by atoms with E-state index in [9.17, 15) is 13.2 Å². The van der Waals surface area contributed by atoms with Crippen molar-refractivity contribution in [3.63, 3.8) is 0 Å². The van der Waals surface area contributed by atoms with E-state index in [1.165, 1.54) is 30.5 Å². The minimum atomic E-state index is -3.74. The molecular formula is C24H26N2O6S. The molecule has 4 rings (SSSR count). The second-order valence-corrected chi connectivity index (χ2v) is 9.60. The van der Waals surface area contributed by atoms with Gasteiger partial charge in [-0.3, -0.25) is 4.79 Å². The smallest absolute Gasteiger partial charge is 0.255 e. The van der Waals surface area contributed by atoms with E-state index in [0.29, 0.717) is 29.4 Å². The molecule has 2 aromatic carbocycles. The lowest BCUT2D eigenvalue weighted by molar-refractivity contribution is 0.0681. The number of carbonyl (C=O) groups excluding carboxylic acids is 1. The van der Waals surface area contributed by atoms with Crippen LogP contribution in [0.3, 0.4) is 0 Å². The van der Waals surface area contributed by atoms with E-state index in [0.717, 1.165) is 25.0 Å². The van der Waals surface area contributed by atoms with Crippen LogP contribution in [0.4, 0.5) is 5.69 Å². The summed E-state index contributed by atoms with van der Waals surface area (Å²) in [7, 11) is -3.74. The highest BCUT2D eigenvalue weighted by Crippen LogP contribution is 2.27. The van der Waals surface area contributed by atoms with Gasteiger partial charge < -0.3 is 19.2 Å². The van der Waals surface area contributed by atoms with Crippen LogP contribution in [0.5, 0.6) is 5.75 Å². The van der Waals surface area contributed by atoms with Gasteiger partial charge >= 0.3 is 0 Å². The molecule has 1 aliphatic rings. The normalized spacial score (nSPS) is 16.0. The summed E-state index contributed by atoms with van der Waals surface area (Å²) in [6.45, 7) is 3.16. The Bertz CT molecular complexity index is 1180. The Balaban J connectivity index is 1.41. The van der Waals surface area contributed by atoms with Crippen molar-refractivity contribution in [1.82, 2.24) is 4.72 Å². The van der Waals surface area contributed by atoms with E-state index in [2.05, 4.69) is 10.0 Å². The van der Waals surface area contributed by atoms with E-state index < -0.39 is 10.0 Å². The molecule has 0 spiro atoms. The van der Waals surface area contributed by atoms with Crippen molar-refractivity contribution in [3.8, 4) is 5.75 Å². The Morgan fingerprint density at radius 1 is 1.15 bits per heavy atom. The third-order valence-electron chi connectivity index (χ3n) is 5.28. The van der Waals surface area contributed by atoms with Gasteiger partial charge in [0.2, 0.25) is 10.0 Å². The summed E-state index contributed by atoms with van der Waals surface area (Å²) >= 11 is 0. The SMILES string of the molecule is Cc1ccc(NC(=O)c2ccc(S(=O)(=O)NCc3ccco3)cc2)c(OCC2CCCO2)c1. The Morgan fingerprint density at radius 2 is 1.97 bits per heavy atom. The molecule has 33 heavy (non-hydrogen) atoms. The molecule has 0 aliphatic carbocycles. The first kappa shape index (κ1) is 23.0. The van der Waals surface area contributed by atoms with Crippen molar-refractivity contribution in [2.75, 3.05) is 18.5 Å². The van der Waals surface area contributed by atoms with Gasteiger partial charge in [0.1, 0.15) is 18.1 Å². The van der Waals surface area contributed by atoms with Gasteiger partial charge in [0.15, 0.2) is 0 Å². The fourth-order valence-electron chi connectivity index (χ4n) is 3.45. The highest BCUT2D eigenvalue weighted by molar-refractivity contribution is 7.89. The standard InChI is InChI=1S/C24H26N2O6S/c1-17-6-11-22(23(14-17)32-16-20-5-3-13-31-20)26-24(27)18-7-9-21(10-8-18)33(28,29)25-15-19-4-2-12-30-19/h2,4,6-12,14,20,25H,3,5,13,15-16H2,1H3,(H,26,27). The Labute approximate surface area is 193 Å². The third kappa shape index (κ3) is 6.01. The van der Waals surface area contributed by atoms with Crippen LogP contribution in [0.15, 0.2) is 70.2 Å². The maximum atomic E-state index is 12.8. The van der Waals surface area contributed by atoms with Gasteiger partial charge in [-0.25, -0.2) is 13.1 Å². The maximum absolute atomic E-state index is 12.8. The molecule has 174 valence electrons. The van der Waals surface area contributed by atoms with Crippen molar-refractivity contribution in [2.24, 2.45) is 0 Å². The second kappa shape index (κ2) is 10.2. The Morgan fingerprint density at radius 3 is 2.67 bits per heavy atom. The minimum absolute atomic E-state index is 0.0413. The van der Waals surface area contributed by atoms with Gasteiger partial charge in [0, 0.05) is 12.2 Å². The molecule has 1 amide bonds. The molecule has 2 heterocycles. The molecular weight excluding hydrogens is 444 g/mol. The second-order valence-electron chi connectivity index (χ2n) is 7.83. The quantitative estimate of drug-likeness (QED) is 0.492. The van der Waals surface area contributed by atoms with Crippen LogP contribution in [0, 0.1) is 6.92 Å². The van der Waals surface area contributed by atoms with Crippen molar-refractivity contribution in [1.29, 1.82) is 0 Å². The summed E-state index contributed by atoms with van der Waals surface area (Å²) in [5.74, 6) is 0.707. The summed E-state index contributed by atoms with van der Waals surface area (Å²) in [6, 6.07) is 14.6. The number of rotatable bonds is 9. The molecule has 3 aromatic rings. The average Bonchev–Trinajstić information content (AvgIpc) is 3.52. The van der Waals surface area contributed by atoms with E-state index in [1.54, 1.807) is 18.2 Å². The van der Waals surface area contributed by atoms with E-state index in [4.69, 9.17) is 13.9 Å². The lowest BCUT2D eigenvalue weighted by Crippen LogP contribution is -2.23. The number of anilines is 1. The first-order chi connectivity index (χ1) is 15.9. The number of carbonyl (C=O) groups is 1. The zero-order chi connectivity index (χ0) is 23.3. The first-order valence-electron chi connectivity index (χ1n) is 10.7. The number of amides is 1. The zero-order valence-electron chi connectivity index (χ0n) is 18.2. The van der Waals surface area contributed by atoms with E-state index in [-0.39, 0.29) is 23.5 Å². The molecule has 1 unspecified atom stereocenters. The molecule has 1 atom stereocenters. The molecule has 0 radical (unpaired) electrons. The van der Waals surface area contributed by atoms with Gasteiger partial charge in [-0.05, 0) is 73.9 Å². The van der Waals surface area contributed by atoms with Crippen LogP contribution >= 0.6 is 0 Å². The van der Waals surface area contributed by atoms with Crippen molar-refractivity contribution in [3.05, 3.63) is 77.7 Å². The number of aryl methyl sites for hydroxylation is 1. The monoisotopic (exact) mass is 470 g/mol. The van der Waals surface area contributed by atoms with Crippen LogP contribution in [-0.2, 0) is 21.3 Å². The van der Waals surface area contributed by atoms with Crippen molar-refractivity contribution >= 4 is 21.6 Å². The molecule has 1 aliphatic heterocycles. The number of hydrogen-bond donors (Lipinski definition) is 2.